The van der Waals surface area contributed by atoms with E-state index in [1.54, 1.807) is 6.20 Å². The number of fused-ring (bicyclic) bond motifs is 1. The minimum atomic E-state index is 0.915. The first kappa shape index (κ1) is 11.0. The zero-order chi connectivity index (χ0) is 12.4. The average Bonchev–Trinajstić information content (AvgIpc) is 2.86. The van der Waals surface area contributed by atoms with Crippen molar-refractivity contribution in [1.82, 2.24) is 14.6 Å². The summed E-state index contributed by atoms with van der Waals surface area (Å²) in [4.78, 5) is 4.30. The number of benzene rings is 1. The van der Waals surface area contributed by atoms with E-state index in [1.807, 2.05) is 28.9 Å². The summed E-state index contributed by atoms with van der Waals surface area (Å²) >= 11 is 0. The third kappa shape index (κ3) is 1.88. The lowest BCUT2D eigenvalue weighted by atomic mass is 10.0. The second kappa shape index (κ2) is 4.61. The summed E-state index contributed by atoms with van der Waals surface area (Å²) in [6.07, 6.45) is 5.81. The highest BCUT2D eigenvalue weighted by molar-refractivity contribution is 5.64. The standard InChI is InChI=1S/C15H15N3/c1-2-6-13-11-14-16-9-10-18(14)17-15(13)12-7-4-3-5-8-12/h3-5,7-11H,2,6H2,1H3. The lowest BCUT2D eigenvalue weighted by Crippen LogP contribution is -1.99. The van der Waals surface area contributed by atoms with Crippen molar-refractivity contribution in [2.45, 2.75) is 19.8 Å². The van der Waals surface area contributed by atoms with E-state index in [-0.39, 0.29) is 0 Å². The molecule has 0 aliphatic heterocycles. The van der Waals surface area contributed by atoms with Gasteiger partial charge < -0.3 is 0 Å². The molecule has 0 N–H and O–H groups in total. The Hall–Kier alpha value is -2.16. The molecule has 0 atom stereocenters. The van der Waals surface area contributed by atoms with Crippen molar-refractivity contribution < 1.29 is 0 Å². The van der Waals surface area contributed by atoms with Crippen LogP contribution in [0.25, 0.3) is 16.9 Å². The molecule has 90 valence electrons. The Bertz CT molecular complexity index is 656. The van der Waals surface area contributed by atoms with Crippen LogP contribution in [0.15, 0.2) is 48.8 Å². The molecule has 3 nitrogen and oxygen atoms in total. The molecular formula is C15H15N3. The van der Waals surface area contributed by atoms with Gasteiger partial charge in [0, 0.05) is 18.0 Å². The molecule has 0 radical (unpaired) electrons. The molecule has 0 amide bonds. The zero-order valence-corrected chi connectivity index (χ0v) is 10.4. The van der Waals surface area contributed by atoms with Gasteiger partial charge in [-0.2, -0.15) is 5.10 Å². The number of hydrogen-bond acceptors (Lipinski definition) is 2. The van der Waals surface area contributed by atoms with E-state index in [0.717, 1.165) is 29.7 Å². The third-order valence-corrected chi connectivity index (χ3v) is 3.03. The highest BCUT2D eigenvalue weighted by Gasteiger charge is 2.08. The molecule has 18 heavy (non-hydrogen) atoms. The highest BCUT2D eigenvalue weighted by Crippen LogP contribution is 2.23. The molecule has 0 saturated heterocycles. The second-order valence-electron chi connectivity index (χ2n) is 4.36. The molecule has 0 bridgehead atoms. The number of aryl methyl sites for hydroxylation is 1. The van der Waals surface area contributed by atoms with Gasteiger partial charge in [-0.15, -0.1) is 0 Å². The first-order chi connectivity index (χ1) is 8.88. The second-order valence-corrected chi connectivity index (χ2v) is 4.36. The van der Waals surface area contributed by atoms with Crippen molar-refractivity contribution in [1.29, 1.82) is 0 Å². The summed E-state index contributed by atoms with van der Waals surface area (Å²) in [5, 5.41) is 4.68. The molecular weight excluding hydrogens is 222 g/mol. The fourth-order valence-electron chi connectivity index (χ4n) is 2.19. The van der Waals surface area contributed by atoms with E-state index in [9.17, 15) is 0 Å². The zero-order valence-electron chi connectivity index (χ0n) is 10.4. The van der Waals surface area contributed by atoms with E-state index in [4.69, 9.17) is 0 Å². The predicted molar refractivity (Wildman–Crippen MR) is 72.4 cm³/mol. The largest absolute Gasteiger partial charge is 0.236 e. The van der Waals surface area contributed by atoms with Crippen LogP contribution in [0.2, 0.25) is 0 Å². The molecule has 0 aliphatic rings. The molecule has 0 aliphatic carbocycles. The van der Waals surface area contributed by atoms with Crippen LogP contribution in [0, 0.1) is 0 Å². The SMILES string of the molecule is CCCc1cc2nccn2nc1-c1ccccc1. The Balaban J connectivity index is 2.21. The Morgan fingerprint density at radius 1 is 1.17 bits per heavy atom. The Morgan fingerprint density at radius 2 is 2.00 bits per heavy atom. The Morgan fingerprint density at radius 3 is 2.78 bits per heavy atom. The van der Waals surface area contributed by atoms with Gasteiger partial charge in [0.2, 0.25) is 0 Å². The van der Waals surface area contributed by atoms with Gasteiger partial charge in [-0.05, 0) is 18.1 Å². The summed E-state index contributed by atoms with van der Waals surface area (Å²) in [6, 6.07) is 12.5. The maximum Gasteiger partial charge on any atom is 0.153 e. The minimum absolute atomic E-state index is 0.915. The van der Waals surface area contributed by atoms with Crippen molar-refractivity contribution in [2.75, 3.05) is 0 Å². The number of hydrogen-bond donors (Lipinski definition) is 0. The van der Waals surface area contributed by atoms with Crippen molar-refractivity contribution in [3.05, 3.63) is 54.4 Å². The van der Waals surface area contributed by atoms with Gasteiger partial charge in [0.05, 0.1) is 5.69 Å². The van der Waals surface area contributed by atoms with Crippen molar-refractivity contribution >= 4 is 5.65 Å². The van der Waals surface area contributed by atoms with Gasteiger partial charge in [-0.3, -0.25) is 0 Å². The lowest BCUT2D eigenvalue weighted by molar-refractivity contribution is 0.877. The normalized spacial score (nSPS) is 10.9. The molecule has 2 heterocycles. The minimum Gasteiger partial charge on any atom is -0.236 e. The maximum absolute atomic E-state index is 4.68. The van der Waals surface area contributed by atoms with E-state index >= 15 is 0 Å². The topological polar surface area (TPSA) is 30.2 Å². The summed E-state index contributed by atoms with van der Waals surface area (Å²) in [5.41, 5.74) is 4.40. The molecule has 3 aromatic rings. The molecule has 0 saturated carbocycles. The highest BCUT2D eigenvalue weighted by atomic mass is 15.2. The number of imidazole rings is 1. The van der Waals surface area contributed by atoms with Gasteiger partial charge in [-0.25, -0.2) is 9.50 Å². The third-order valence-electron chi connectivity index (χ3n) is 3.03. The molecule has 0 fully saturated rings. The number of nitrogens with zero attached hydrogens (tertiary/aromatic N) is 3. The average molecular weight is 237 g/mol. The summed E-state index contributed by atoms with van der Waals surface area (Å²) in [5.74, 6) is 0. The Kier molecular flexibility index (Phi) is 2.81. The lowest BCUT2D eigenvalue weighted by Gasteiger charge is -2.08. The summed E-state index contributed by atoms with van der Waals surface area (Å²) in [7, 11) is 0. The van der Waals surface area contributed by atoms with E-state index in [0.29, 0.717) is 0 Å². The maximum atomic E-state index is 4.68. The van der Waals surface area contributed by atoms with Crippen LogP contribution in [-0.2, 0) is 6.42 Å². The van der Waals surface area contributed by atoms with E-state index < -0.39 is 0 Å². The smallest absolute Gasteiger partial charge is 0.153 e. The van der Waals surface area contributed by atoms with Gasteiger partial charge in [0.25, 0.3) is 0 Å². The quantitative estimate of drug-likeness (QED) is 0.699. The molecule has 2 aromatic heterocycles. The summed E-state index contributed by atoms with van der Waals surface area (Å²) < 4.78 is 1.83. The predicted octanol–water partition coefficient (Wildman–Crippen LogP) is 3.35. The summed E-state index contributed by atoms with van der Waals surface area (Å²) in [6.45, 7) is 2.19. The first-order valence-corrected chi connectivity index (χ1v) is 6.27. The van der Waals surface area contributed by atoms with Crippen LogP contribution in [0.5, 0.6) is 0 Å². The van der Waals surface area contributed by atoms with Gasteiger partial charge in [0.1, 0.15) is 0 Å². The fourth-order valence-corrected chi connectivity index (χ4v) is 2.19. The fraction of sp³-hybridized carbons (Fsp3) is 0.200. The van der Waals surface area contributed by atoms with Crippen molar-refractivity contribution in [2.24, 2.45) is 0 Å². The monoisotopic (exact) mass is 237 g/mol. The number of aromatic nitrogens is 3. The van der Waals surface area contributed by atoms with Gasteiger partial charge >= 0.3 is 0 Å². The molecule has 0 unspecified atom stereocenters. The van der Waals surface area contributed by atoms with Crippen LogP contribution in [0.4, 0.5) is 0 Å². The van der Waals surface area contributed by atoms with E-state index in [1.165, 1.54) is 5.56 Å². The van der Waals surface area contributed by atoms with Gasteiger partial charge in [-0.1, -0.05) is 43.7 Å². The number of rotatable bonds is 3. The molecule has 3 heteroatoms. The molecule has 1 aromatic carbocycles. The first-order valence-electron chi connectivity index (χ1n) is 6.27. The van der Waals surface area contributed by atoms with E-state index in [2.05, 4.69) is 35.2 Å². The van der Waals surface area contributed by atoms with Gasteiger partial charge in [0.15, 0.2) is 5.65 Å². The molecule has 3 rings (SSSR count). The van der Waals surface area contributed by atoms with Crippen molar-refractivity contribution in [3.63, 3.8) is 0 Å². The molecule has 0 spiro atoms. The van der Waals surface area contributed by atoms with Crippen LogP contribution >= 0.6 is 0 Å². The van der Waals surface area contributed by atoms with Crippen molar-refractivity contribution in [3.8, 4) is 11.3 Å². The van der Waals surface area contributed by atoms with Crippen LogP contribution < -0.4 is 0 Å². The van der Waals surface area contributed by atoms with Crippen LogP contribution in [-0.4, -0.2) is 14.6 Å². The van der Waals surface area contributed by atoms with Crippen LogP contribution in [0.3, 0.4) is 0 Å². The van der Waals surface area contributed by atoms with Crippen LogP contribution in [0.1, 0.15) is 18.9 Å². The Labute approximate surface area is 106 Å².